The van der Waals surface area contributed by atoms with E-state index in [-0.39, 0.29) is 0 Å². The molecule has 2 N–H and O–H groups in total. The summed E-state index contributed by atoms with van der Waals surface area (Å²) in [5.41, 5.74) is 8.72. The summed E-state index contributed by atoms with van der Waals surface area (Å²) in [5, 5.41) is 0. The number of para-hydroxylation sites is 1. The van der Waals surface area contributed by atoms with E-state index in [9.17, 15) is 0 Å². The maximum atomic E-state index is 5.87. The lowest BCUT2D eigenvalue weighted by Gasteiger charge is -2.12. The third kappa shape index (κ3) is 2.74. The number of hydrogen-bond acceptors (Lipinski definition) is 3. The van der Waals surface area contributed by atoms with Crippen LogP contribution in [-0.4, -0.2) is 7.11 Å². The van der Waals surface area contributed by atoms with Gasteiger partial charge in [0.25, 0.3) is 0 Å². The summed E-state index contributed by atoms with van der Waals surface area (Å²) in [7, 11) is 1.64. The van der Waals surface area contributed by atoms with Gasteiger partial charge in [0.05, 0.1) is 7.11 Å². The first-order valence-electron chi connectivity index (χ1n) is 5.81. The van der Waals surface area contributed by atoms with Gasteiger partial charge in [0.1, 0.15) is 6.61 Å². The van der Waals surface area contributed by atoms with Gasteiger partial charge in [-0.25, -0.2) is 0 Å². The van der Waals surface area contributed by atoms with Crippen LogP contribution in [0.4, 0.5) is 5.69 Å². The van der Waals surface area contributed by atoms with E-state index in [2.05, 4.69) is 0 Å². The van der Waals surface area contributed by atoms with Gasteiger partial charge in [-0.2, -0.15) is 0 Å². The fraction of sp³-hybridized carbons (Fsp3) is 0.200. The van der Waals surface area contributed by atoms with Crippen LogP contribution in [0.1, 0.15) is 11.1 Å². The van der Waals surface area contributed by atoms with Crippen LogP contribution >= 0.6 is 0 Å². The van der Waals surface area contributed by atoms with Gasteiger partial charge >= 0.3 is 0 Å². The van der Waals surface area contributed by atoms with E-state index in [0.29, 0.717) is 6.61 Å². The molecule has 0 spiro atoms. The van der Waals surface area contributed by atoms with Gasteiger partial charge in [-0.15, -0.1) is 0 Å². The molecular weight excluding hydrogens is 226 g/mol. The van der Waals surface area contributed by atoms with Crippen LogP contribution in [0.2, 0.25) is 0 Å². The molecule has 0 unspecified atom stereocenters. The molecule has 2 rings (SSSR count). The van der Waals surface area contributed by atoms with Crippen molar-refractivity contribution in [3.05, 3.63) is 53.6 Å². The number of benzene rings is 2. The Balaban J connectivity index is 2.13. The summed E-state index contributed by atoms with van der Waals surface area (Å²) in [6.07, 6.45) is 0. The van der Waals surface area contributed by atoms with Gasteiger partial charge in [-0.1, -0.05) is 24.3 Å². The van der Waals surface area contributed by atoms with Gasteiger partial charge in [0, 0.05) is 11.3 Å². The first-order valence-corrected chi connectivity index (χ1v) is 5.81. The fourth-order valence-electron chi connectivity index (χ4n) is 1.72. The molecule has 3 heteroatoms. The zero-order valence-corrected chi connectivity index (χ0v) is 10.6. The van der Waals surface area contributed by atoms with E-state index in [4.69, 9.17) is 15.2 Å². The average molecular weight is 243 g/mol. The maximum Gasteiger partial charge on any atom is 0.161 e. The molecule has 0 heterocycles. The molecule has 18 heavy (non-hydrogen) atoms. The molecule has 3 nitrogen and oxygen atoms in total. The van der Waals surface area contributed by atoms with Gasteiger partial charge in [-0.3, -0.25) is 0 Å². The molecule has 0 aliphatic rings. The van der Waals surface area contributed by atoms with Crippen molar-refractivity contribution in [2.45, 2.75) is 13.5 Å². The molecule has 0 saturated carbocycles. The van der Waals surface area contributed by atoms with Crippen molar-refractivity contribution in [1.82, 2.24) is 0 Å². The highest BCUT2D eigenvalue weighted by Gasteiger charge is 2.05. The molecule has 0 radical (unpaired) electrons. The highest BCUT2D eigenvalue weighted by molar-refractivity contribution is 5.47. The third-order valence-electron chi connectivity index (χ3n) is 2.76. The Bertz CT molecular complexity index is 538. The van der Waals surface area contributed by atoms with Crippen LogP contribution in [-0.2, 0) is 6.61 Å². The lowest BCUT2D eigenvalue weighted by molar-refractivity contribution is 0.285. The maximum absolute atomic E-state index is 5.87. The van der Waals surface area contributed by atoms with Crippen molar-refractivity contribution in [1.29, 1.82) is 0 Å². The van der Waals surface area contributed by atoms with Gasteiger partial charge in [-0.05, 0) is 30.7 Å². The highest BCUT2D eigenvalue weighted by atomic mass is 16.5. The summed E-state index contributed by atoms with van der Waals surface area (Å²) in [6.45, 7) is 2.45. The summed E-state index contributed by atoms with van der Waals surface area (Å²) >= 11 is 0. The Morgan fingerprint density at radius 3 is 2.56 bits per heavy atom. The predicted octanol–water partition coefficient (Wildman–Crippen LogP) is 3.16. The molecule has 2 aromatic rings. The number of hydrogen-bond donors (Lipinski definition) is 1. The average Bonchev–Trinajstić information content (AvgIpc) is 2.39. The summed E-state index contributed by atoms with van der Waals surface area (Å²) < 4.78 is 11.0. The van der Waals surface area contributed by atoms with Crippen molar-refractivity contribution in [2.24, 2.45) is 0 Å². The SMILES string of the molecule is COc1cc(C)ccc1OCc1ccccc1N. The van der Waals surface area contributed by atoms with Crippen LogP contribution in [0.25, 0.3) is 0 Å². The van der Waals surface area contributed by atoms with Crippen molar-refractivity contribution < 1.29 is 9.47 Å². The number of methoxy groups -OCH3 is 1. The second-order valence-corrected chi connectivity index (χ2v) is 4.14. The Morgan fingerprint density at radius 2 is 1.83 bits per heavy atom. The molecule has 94 valence electrons. The Labute approximate surface area is 107 Å². The second-order valence-electron chi connectivity index (χ2n) is 4.14. The Hall–Kier alpha value is -2.16. The Kier molecular flexibility index (Phi) is 3.72. The Morgan fingerprint density at radius 1 is 1.06 bits per heavy atom. The minimum atomic E-state index is 0.437. The highest BCUT2D eigenvalue weighted by Crippen LogP contribution is 2.28. The third-order valence-corrected chi connectivity index (χ3v) is 2.76. The first-order chi connectivity index (χ1) is 8.70. The molecule has 0 fully saturated rings. The minimum absolute atomic E-state index is 0.437. The lowest BCUT2D eigenvalue weighted by atomic mass is 10.2. The number of anilines is 1. The normalized spacial score (nSPS) is 10.1. The molecule has 0 aliphatic carbocycles. The molecule has 0 atom stereocenters. The number of ether oxygens (including phenoxy) is 2. The fourth-order valence-corrected chi connectivity index (χ4v) is 1.72. The van der Waals surface area contributed by atoms with Crippen molar-refractivity contribution >= 4 is 5.69 Å². The quantitative estimate of drug-likeness (QED) is 0.839. The number of aryl methyl sites for hydroxylation is 1. The zero-order chi connectivity index (χ0) is 13.0. The molecule has 0 aliphatic heterocycles. The van der Waals surface area contributed by atoms with Gasteiger partial charge < -0.3 is 15.2 Å². The van der Waals surface area contributed by atoms with Crippen LogP contribution in [0.3, 0.4) is 0 Å². The monoisotopic (exact) mass is 243 g/mol. The van der Waals surface area contributed by atoms with E-state index in [0.717, 1.165) is 28.3 Å². The summed E-state index contributed by atoms with van der Waals surface area (Å²) in [6, 6.07) is 13.5. The lowest BCUT2D eigenvalue weighted by Crippen LogP contribution is -2.01. The number of nitrogen functional groups attached to an aromatic ring is 1. The van der Waals surface area contributed by atoms with Crippen LogP contribution in [0.15, 0.2) is 42.5 Å². The minimum Gasteiger partial charge on any atom is -0.493 e. The standard InChI is InChI=1S/C15H17NO2/c1-11-7-8-14(15(9-11)17-2)18-10-12-5-3-4-6-13(12)16/h3-9H,10,16H2,1-2H3. The smallest absolute Gasteiger partial charge is 0.161 e. The molecular formula is C15H17NO2. The molecule has 2 aromatic carbocycles. The molecule has 0 aromatic heterocycles. The summed E-state index contributed by atoms with van der Waals surface area (Å²) in [4.78, 5) is 0. The van der Waals surface area contributed by atoms with E-state index < -0.39 is 0 Å². The van der Waals surface area contributed by atoms with Crippen LogP contribution in [0, 0.1) is 6.92 Å². The zero-order valence-electron chi connectivity index (χ0n) is 10.6. The molecule has 0 saturated heterocycles. The van der Waals surface area contributed by atoms with E-state index in [1.54, 1.807) is 7.11 Å². The van der Waals surface area contributed by atoms with E-state index in [1.165, 1.54) is 0 Å². The van der Waals surface area contributed by atoms with Crippen molar-refractivity contribution in [2.75, 3.05) is 12.8 Å². The summed E-state index contributed by atoms with van der Waals surface area (Å²) in [5.74, 6) is 1.47. The number of nitrogens with two attached hydrogens (primary N) is 1. The largest absolute Gasteiger partial charge is 0.493 e. The first kappa shape index (κ1) is 12.3. The second kappa shape index (κ2) is 5.45. The molecule has 0 amide bonds. The van der Waals surface area contributed by atoms with Gasteiger partial charge in [0.15, 0.2) is 11.5 Å². The van der Waals surface area contributed by atoms with E-state index >= 15 is 0 Å². The van der Waals surface area contributed by atoms with E-state index in [1.807, 2.05) is 49.4 Å². The van der Waals surface area contributed by atoms with Gasteiger partial charge in [0.2, 0.25) is 0 Å². The van der Waals surface area contributed by atoms with Crippen LogP contribution in [0.5, 0.6) is 11.5 Å². The van der Waals surface area contributed by atoms with Crippen molar-refractivity contribution in [3.8, 4) is 11.5 Å². The predicted molar refractivity (Wildman–Crippen MR) is 72.9 cm³/mol. The van der Waals surface area contributed by atoms with Crippen LogP contribution < -0.4 is 15.2 Å². The van der Waals surface area contributed by atoms with Crippen molar-refractivity contribution in [3.63, 3.8) is 0 Å². The topological polar surface area (TPSA) is 44.5 Å². The number of rotatable bonds is 4. The molecule has 0 bridgehead atoms.